The Bertz CT molecular complexity index is 198. The van der Waals surface area contributed by atoms with Crippen LogP contribution in [0.2, 0.25) is 0 Å². The van der Waals surface area contributed by atoms with Crippen LogP contribution in [-0.2, 0) is 19.9 Å². The number of hydrogen-bond acceptors (Lipinski definition) is 5. The Hall–Kier alpha value is 2.22. The summed E-state index contributed by atoms with van der Waals surface area (Å²) in [6.45, 7) is 1.94. The molecule has 0 aliphatic heterocycles. The summed E-state index contributed by atoms with van der Waals surface area (Å²) in [4.78, 5) is 0. The van der Waals surface area contributed by atoms with E-state index in [2.05, 4.69) is 5.32 Å². The van der Waals surface area contributed by atoms with Crippen LogP contribution in [0.15, 0.2) is 0 Å². The molecule has 0 saturated carbocycles. The van der Waals surface area contributed by atoms with Crippen molar-refractivity contribution in [2.75, 3.05) is 7.05 Å². The predicted molar refractivity (Wildman–Crippen MR) is 46.2 cm³/mol. The Labute approximate surface area is 128 Å². The maximum Gasteiger partial charge on any atom is 1.00 e. The van der Waals surface area contributed by atoms with E-state index in [0.717, 1.165) is 6.42 Å². The van der Waals surface area contributed by atoms with Crippen LogP contribution in [0, 0.1) is 0 Å². The van der Waals surface area contributed by atoms with Crippen molar-refractivity contribution in [2.45, 2.75) is 25.1 Å². The van der Waals surface area contributed by atoms with Crippen molar-refractivity contribution in [1.29, 1.82) is 0 Å². The Balaban J connectivity index is -0.000000500. The molecule has 0 spiro atoms. The van der Waals surface area contributed by atoms with Crippen molar-refractivity contribution in [3.05, 3.63) is 0 Å². The molecule has 0 aromatic rings. The largest absolute Gasteiger partial charge is 1.00 e. The molecule has 0 rings (SSSR count). The number of thiol groups is 1. The fourth-order valence-corrected chi connectivity index (χ4v) is 3.03. The molecule has 0 aliphatic rings. The Morgan fingerprint density at radius 1 is 1.46 bits per heavy atom. The van der Waals surface area contributed by atoms with Gasteiger partial charge in [0.25, 0.3) is 0 Å². The third-order valence-electron chi connectivity index (χ3n) is 1.15. The average molecular weight is 245 g/mol. The van der Waals surface area contributed by atoms with Crippen LogP contribution in [0.25, 0.3) is 0 Å². The summed E-state index contributed by atoms with van der Waals surface area (Å²) in [6.07, 6.45) is 1.58. The third kappa shape index (κ3) is 14.2. The van der Waals surface area contributed by atoms with E-state index >= 15 is 0 Å². The molecule has 0 aromatic carbocycles. The maximum absolute atomic E-state index is 10.3. The molecule has 70 valence electrons. The smallest absolute Gasteiger partial charge is 0.766 e. The van der Waals surface area contributed by atoms with Gasteiger partial charge in [0.15, 0.2) is 0 Å². The van der Waals surface area contributed by atoms with Gasteiger partial charge in [-0.1, -0.05) is 25.1 Å². The molecule has 1 atom stereocenters. The minimum atomic E-state index is -4.10. The zero-order valence-corrected chi connectivity index (χ0v) is 14.3. The minimum Gasteiger partial charge on any atom is -0.766 e. The molecule has 0 heterocycles. The summed E-state index contributed by atoms with van der Waals surface area (Å²) in [5.74, 6) is 0. The van der Waals surface area contributed by atoms with Crippen molar-refractivity contribution in [1.82, 2.24) is 5.32 Å². The second-order valence-corrected chi connectivity index (χ2v) is 5.79. The van der Waals surface area contributed by atoms with Crippen LogP contribution >= 0.6 is 0 Å². The quantitative estimate of drug-likeness (QED) is 0.172. The van der Waals surface area contributed by atoms with Gasteiger partial charge in [-0.2, -0.15) is 0 Å². The predicted octanol–water partition coefficient (Wildman–Crippen LogP) is -6.38. The van der Waals surface area contributed by atoms with Gasteiger partial charge in [-0.15, -0.1) is 0 Å². The topological polar surface area (TPSA) is 69.2 Å². The molecule has 0 aliphatic carbocycles. The van der Waals surface area contributed by atoms with Gasteiger partial charge in [-0.05, 0) is 7.05 Å². The van der Waals surface area contributed by atoms with Crippen LogP contribution in [0.3, 0.4) is 0 Å². The molecule has 0 saturated heterocycles. The molecule has 0 radical (unpaired) electrons. The Morgan fingerprint density at radius 2 is 1.92 bits per heavy atom. The fourth-order valence-electron chi connectivity index (χ4n) is 0.679. The van der Waals surface area contributed by atoms with Crippen molar-refractivity contribution in [3.63, 3.8) is 0 Å². The van der Waals surface area contributed by atoms with E-state index in [4.69, 9.17) is 0 Å². The van der Waals surface area contributed by atoms with E-state index in [0.29, 0.717) is 6.42 Å². The summed E-state index contributed by atoms with van der Waals surface area (Å²) in [5.41, 5.74) is 0. The normalized spacial score (nSPS) is 12.8. The molecule has 0 fully saturated rings. The molecule has 8 heteroatoms. The molecule has 0 amide bonds. The van der Waals surface area contributed by atoms with Gasteiger partial charge < -0.3 is 20.7 Å². The zero-order valence-electron chi connectivity index (χ0n) is 8.57. The molecular formula is C5H13NNa2O3S2. The van der Waals surface area contributed by atoms with Crippen molar-refractivity contribution in [3.8, 4) is 0 Å². The van der Waals surface area contributed by atoms with Gasteiger partial charge in [0, 0.05) is 9.15 Å². The number of nitrogens with one attached hydrogen (secondary N) is 1. The first-order valence-corrected chi connectivity index (χ1v) is 6.32. The number of rotatable bonds is 5. The Morgan fingerprint density at radius 3 is 2.15 bits per heavy atom. The minimum absolute atomic E-state index is 0. The summed E-state index contributed by atoms with van der Waals surface area (Å²) >= 11 is 0. The van der Waals surface area contributed by atoms with E-state index in [1.54, 1.807) is 7.05 Å². The first kappa shape index (κ1) is 20.6. The monoisotopic (exact) mass is 245 g/mol. The SMILES string of the molecule is CCCC(NC)[SH-]S(=O)(=O)[O-].[Na+].[Na+]. The summed E-state index contributed by atoms with van der Waals surface area (Å²) in [5, 5.41) is 2.55. The van der Waals surface area contributed by atoms with E-state index < -0.39 is 9.15 Å². The molecule has 4 nitrogen and oxygen atoms in total. The van der Waals surface area contributed by atoms with Crippen LogP contribution in [0.5, 0.6) is 0 Å². The third-order valence-corrected chi connectivity index (χ3v) is 3.72. The van der Waals surface area contributed by atoms with Gasteiger partial charge >= 0.3 is 59.1 Å². The fraction of sp³-hybridized carbons (Fsp3) is 1.00. The molecule has 0 aromatic heterocycles. The maximum atomic E-state index is 10.3. The molecule has 0 bridgehead atoms. The van der Waals surface area contributed by atoms with Crippen LogP contribution < -0.4 is 64.4 Å². The van der Waals surface area contributed by atoms with E-state index in [-0.39, 0.29) is 75.3 Å². The van der Waals surface area contributed by atoms with Crippen LogP contribution in [0.1, 0.15) is 19.8 Å². The van der Waals surface area contributed by atoms with Crippen LogP contribution in [-0.4, -0.2) is 25.4 Å². The Kier molecular flexibility index (Phi) is 17.0. The van der Waals surface area contributed by atoms with Crippen molar-refractivity contribution < 1.29 is 72.1 Å². The standard InChI is InChI=1S/C5H14NO3S2.2Na/c1-3-4-5(6-2)10-11(7,8)9;;/h5-6,10H,3-4H2,1-2H3,(H,7,8,9);;/q-1;2*+1/p-1. The summed E-state index contributed by atoms with van der Waals surface area (Å²) in [6, 6.07) is 0. The second-order valence-electron chi connectivity index (χ2n) is 2.13. The average Bonchev–Trinajstić information content (AvgIpc) is 1.84. The molecule has 1 unspecified atom stereocenters. The van der Waals surface area contributed by atoms with Gasteiger partial charge in [0.1, 0.15) is 0 Å². The first-order valence-electron chi connectivity index (χ1n) is 3.34. The molecular weight excluding hydrogens is 232 g/mol. The summed E-state index contributed by atoms with van der Waals surface area (Å²) in [7, 11) is -2.51. The second kappa shape index (κ2) is 10.7. The van der Waals surface area contributed by atoms with Crippen LogP contribution in [0.4, 0.5) is 0 Å². The van der Waals surface area contributed by atoms with Crippen molar-refractivity contribution in [2.24, 2.45) is 0 Å². The molecule has 1 N–H and O–H groups in total. The van der Waals surface area contributed by atoms with Gasteiger partial charge in [-0.3, -0.25) is 8.42 Å². The summed E-state index contributed by atoms with van der Waals surface area (Å²) < 4.78 is 30.8. The van der Waals surface area contributed by atoms with Gasteiger partial charge in [-0.25, -0.2) is 0 Å². The van der Waals surface area contributed by atoms with E-state index in [9.17, 15) is 13.0 Å². The van der Waals surface area contributed by atoms with Gasteiger partial charge in [0.05, 0.1) is 0 Å². The number of hydrogen-bond donors (Lipinski definition) is 1. The molecule has 13 heavy (non-hydrogen) atoms. The first-order chi connectivity index (χ1) is 4.99. The van der Waals surface area contributed by atoms with Crippen molar-refractivity contribution >= 4 is 19.9 Å². The van der Waals surface area contributed by atoms with E-state index in [1.165, 1.54) is 0 Å². The van der Waals surface area contributed by atoms with Gasteiger partial charge in [0.2, 0.25) is 0 Å². The van der Waals surface area contributed by atoms with E-state index in [1.807, 2.05) is 6.92 Å². The zero-order chi connectivity index (χ0) is 8.91.